The number of ether oxygens (including phenoxy) is 1. The molecule has 5 nitrogen and oxygen atoms in total. The average Bonchev–Trinajstić information content (AvgIpc) is 2.59. The van der Waals surface area contributed by atoms with Crippen molar-refractivity contribution in [2.75, 3.05) is 0 Å². The molecule has 0 radical (unpaired) electrons. The molecule has 0 aromatic heterocycles. The van der Waals surface area contributed by atoms with Crippen molar-refractivity contribution in [2.24, 2.45) is 0 Å². The Morgan fingerprint density at radius 1 is 1.04 bits per heavy atom. The van der Waals surface area contributed by atoms with Gasteiger partial charge in [0.05, 0.1) is 8.95 Å². The largest absolute Gasteiger partial charge is 0.487 e. The van der Waals surface area contributed by atoms with Gasteiger partial charge in [-0.25, -0.2) is 0 Å². The van der Waals surface area contributed by atoms with E-state index in [-0.39, 0.29) is 10.7 Å². The lowest BCUT2D eigenvalue weighted by Crippen LogP contribution is -2.51. The van der Waals surface area contributed by atoms with Crippen molar-refractivity contribution in [1.29, 1.82) is 0 Å². The first-order valence-corrected chi connectivity index (χ1v) is 9.95. The summed E-state index contributed by atoms with van der Waals surface area (Å²) in [6.45, 7) is 0.358. The van der Waals surface area contributed by atoms with Crippen LogP contribution in [0.2, 0.25) is 5.02 Å². The van der Waals surface area contributed by atoms with Crippen molar-refractivity contribution in [2.45, 2.75) is 6.61 Å². The monoisotopic (exact) mass is 528 g/mol. The fourth-order valence-electron chi connectivity index (χ4n) is 2.31. The maximum atomic E-state index is 12.0. The van der Waals surface area contributed by atoms with Crippen LogP contribution in [0.15, 0.2) is 50.9 Å². The summed E-state index contributed by atoms with van der Waals surface area (Å²) in [6.07, 6.45) is 1.48. The number of amides is 2. The normalized spacial score (nSPS) is 13.9. The number of carbonyl (C=O) groups is 2. The molecule has 1 saturated heterocycles. The summed E-state index contributed by atoms with van der Waals surface area (Å²) in [5.41, 5.74) is 1.58. The number of nitrogens with one attached hydrogen (secondary N) is 2. The van der Waals surface area contributed by atoms with E-state index in [0.717, 1.165) is 5.56 Å². The summed E-state index contributed by atoms with van der Waals surface area (Å²) in [5.74, 6) is -0.482. The van der Waals surface area contributed by atoms with Gasteiger partial charge in [0.15, 0.2) is 5.11 Å². The van der Waals surface area contributed by atoms with Crippen LogP contribution in [0, 0.1) is 0 Å². The minimum atomic E-state index is -0.543. The Kier molecular flexibility index (Phi) is 6.31. The van der Waals surface area contributed by atoms with E-state index in [1.54, 1.807) is 24.3 Å². The highest BCUT2D eigenvalue weighted by Crippen LogP contribution is 2.36. The van der Waals surface area contributed by atoms with E-state index in [9.17, 15) is 9.59 Å². The van der Waals surface area contributed by atoms with Crippen LogP contribution < -0.4 is 15.4 Å². The summed E-state index contributed by atoms with van der Waals surface area (Å²) in [7, 11) is 0. The Morgan fingerprint density at radius 2 is 1.59 bits per heavy atom. The lowest BCUT2D eigenvalue weighted by Gasteiger charge is -2.16. The Morgan fingerprint density at radius 3 is 2.15 bits per heavy atom. The number of rotatable bonds is 4. The molecule has 0 atom stereocenters. The van der Waals surface area contributed by atoms with Crippen LogP contribution in [-0.2, 0) is 16.2 Å². The number of hydrogen-bond acceptors (Lipinski definition) is 4. The van der Waals surface area contributed by atoms with Crippen LogP contribution in [0.1, 0.15) is 11.1 Å². The molecule has 1 aliphatic heterocycles. The minimum Gasteiger partial charge on any atom is -0.487 e. The molecule has 2 N–H and O–H groups in total. The maximum absolute atomic E-state index is 12.0. The zero-order valence-electron chi connectivity index (χ0n) is 13.5. The van der Waals surface area contributed by atoms with Gasteiger partial charge in [-0.05, 0) is 85.5 Å². The summed E-state index contributed by atoms with van der Waals surface area (Å²) in [6, 6.07) is 10.9. The van der Waals surface area contributed by atoms with Gasteiger partial charge in [0.2, 0.25) is 0 Å². The molecular weight excluding hydrogens is 520 g/mol. The van der Waals surface area contributed by atoms with E-state index in [4.69, 9.17) is 28.6 Å². The quantitative estimate of drug-likeness (QED) is 0.350. The predicted molar refractivity (Wildman–Crippen MR) is 114 cm³/mol. The van der Waals surface area contributed by atoms with Gasteiger partial charge < -0.3 is 4.74 Å². The second kappa shape index (κ2) is 8.52. The number of thiocarbonyl (C=S) groups is 1. The van der Waals surface area contributed by atoms with Crippen LogP contribution in [-0.4, -0.2) is 16.9 Å². The number of hydrogen-bond donors (Lipinski definition) is 2. The summed E-state index contributed by atoms with van der Waals surface area (Å²) >= 11 is 17.6. The molecule has 0 saturated carbocycles. The standard InChI is InChI=1S/C18H11Br2ClN2O3S/c19-13-6-10(5-12-16(24)22-18(27)23-17(12)25)7-14(20)15(13)26-8-9-1-3-11(21)4-2-9/h1-7H,8H2,(H2,22,23,24,25,27). The Hall–Kier alpha value is -1.74. The van der Waals surface area contributed by atoms with Crippen molar-refractivity contribution in [3.63, 3.8) is 0 Å². The van der Waals surface area contributed by atoms with E-state index in [1.807, 2.05) is 12.1 Å². The van der Waals surface area contributed by atoms with Crippen LogP contribution in [0.5, 0.6) is 5.75 Å². The Bertz CT molecular complexity index is 932. The summed E-state index contributed by atoms with van der Waals surface area (Å²) in [5, 5.41) is 5.45. The van der Waals surface area contributed by atoms with Gasteiger partial charge in [0.1, 0.15) is 17.9 Å². The van der Waals surface area contributed by atoms with E-state index in [0.29, 0.717) is 31.9 Å². The molecular formula is C18H11Br2ClN2O3S. The Balaban J connectivity index is 1.81. The molecule has 3 rings (SSSR count). The number of benzene rings is 2. The molecule has 1 heterocycles. The van der Waals surface area contributed by atoms with Crippen LogP contribution >= 0.6 is 55.7 Å². The van der Waals surface area contributed by atoms with Crippen molar-refractivity contribution >= 4 is 78.7 Å². The first-order chi connectivity index (χ1) is 12.8. The minimum absolute atomic E-state index is 0.00421. The molecule has 27 heavy (non-hydrogen) atoms. The van der Waals surface area contributed by atoms with Crippen molar-refractivity contribution in [1.82, 2.24) is 10.6 Å². The molecule has 138 valence electrons. The topological polar surface area (TPSA) is 67.4 Å². The summed E-state index contributed by atoms with van der Waals surface area (Å²) < 4.78 is 7.20. The van der Waals surface area contributed by atoms with Crippen molar-refractivity contribution in [3.05, 3.63) is 67.1 Å². The van der Waals surface area contributed by atoms with Crippen LogP contribution in [0.4, 0.5) is 0 Å². The van der Waals surface area contributed by atoms with Gasteiger partial charge in [-0.2, -0.15) is 0 Å². The highest BCUT2D eigenvalue weighted by atomic mass is 79.9. The smallest absolute Gasteiger partial charge is 0.263 e. The summed E-state index contributed by atoms with van der Waals surface area (Å²) in [4.78, 5) is 23.9. The van der Waals surface area contributed by atoms with E-state index < -0.39 is 11.8 Å². The Labute approximate surface area is 182 Å². The van der Waals surface area contributed by atoms with Gasteiger partial charge in [0, 0.05) is 5.02 Å². The molecule has 1 aliphatic rings. The molecule has 0 unspecified atom stereocenters. The molecule has 9 heteroatoms. The fourth-order valence-corrected chi connectivity index (χ4v) is 4.07. The van der Waals surface area contributed by atoms with Crippen LogP contribution in [0.25, 0.3) is 6.08 Å². The first-order valence-electron chi connectivity index (χ1n) is 7.58. The second-order valence-corrected chi connectivity index (χ2v) is 8.08. The highest BCUT2D eigenvalue weighted by Gasteiger charge is 2.25. The SMILES string of the molecule is O=C1NC(=S)NC(=O)C1=Cc1cc(Br)c(OCc2ccc(Cl)cc2)c(Br)c1. The average molecular weight is 531 g/mol. The molecule has 2 aromatic carbocycles. The number of halogens is 3. The van der Waals surface area contributed by atoms with E-state index in [1.165, 1.54) is 6.08 Å². The zero-order chi connectivity index (χ0) is 19.6. The van der Waals surface area contributed by atoms with Crippen molar-refractivity contribution < 1.29 is 14.3 Å². The van der Waals surface area contributed by atoms with Gasteiger partial charge in [0.25, 0.3) is 11.8 Å². The van der Waals surface area contributed by atoms with Gasteiger partial charge in [-0.15, -0.1) is 0 Å². The first kappa shape index (κ1) is 20.0. The molecule has 0 spiro atoms. The van der Waals surface area contributed by atoms with Crippen molar-refractivity contribution in [3.8, 4) is 5.75 Å². The third kappa shape index (κ3) is 4.95. The van der Waals surface area contributed by atoms with Gasteiger partial charge in [-0.1, -0.05) is 23.7 Å². The second-order valence-electron chi connectivity index (χ2n) is 5.52. The lowest BCUT2D eigenvalue weighted by atomic mass is 10.1. The fraction of sp³-hybridized carbons (Fsp3) is 0.0556. The molecule has 0 bridgehead atoms. The van der Waals surface area contributed by atoms with Gasteiger partial charge >= 0.3 is 0 Å². The molecule has 2 amide bonds. The third-order valence-corrected chi connectivity index (χ3v) is 5.21. The maximum Gasteiger partial charge on any atom is 0.263 e. The lowest BCUT2D eigenvalue weighted by molar-refractivity contribution is -0.123. The zero-order valence-corrected chi connectivity index (χ0v) is 18.3. The third-order valence-electron chi connectivity index (χ3n) is 3.57. The van der Waals surface area contributed by atoms with Gasteiger partial charge in [-0.3, -0.25) is 20.2 Å². The molecule has 1 fully saturated rings. The molecule has 2 aromatic rings. The highest BCUT2D eigenvalue weighted by molar-refractivity contribution is 9.11. The van der Waals surface area contributed by atoms with Crippen LogP contribution in [0.3, 0.4) is 0 Å². The number of carbonyl (C=O) groups excluding carboxylic acids is 2. The predicted octanol–water partition coefficient (Wildman–Crippen LogP) is 4.36. The van der Waals surface area contributed by atoms with E-state index >= 15 is 0 Å². The van der Waals surface area contributed by atoms with E-state index in [2.05, 4.69) is 42.5 Å². The molecule has 0 aliphatic carbocycles.